The number of ether oxygens (including phenoxy) is 2. The highest BCUT2D eigenvalue weighted by Gasteiger charge is 2.11. The number of aryl methyl sites for hydroxylation is 1. The Morgan fingerprint density at radius 2 is 1.94 bits per heavy atom. The van der Waals surface area contributed by atoms with Gasteiger partial charge in [0.05, 0.1) is 0 Å². The maximum atomic E-state index is 6.01. The number of rotatable bonds is 6. The lowest BCUT2D eigenvalue weighted by molar-refractivity contribution is 0.171. The van der Waals surface area contributed by atoms with Crippen LogP contribution in [0.4, 0.5) is 0 Å². The molecular weight excluding hydrogens is 226 g/mol. The van der Waals surface area contributed by atoms with E-state index in [-0.39, 0.29) is 0 Å². The minimum absolute atomic E-state index is 0.354. The first-order valence-corrected chi connectivity index (χ1v) is 6.93. The van der Waals surface area contributed by atoms with Gasteiger partial charge in [0.1, 0.15) is 13.2 Å². The van der Waals surface area contributed by atoms with Crippen LogP contribution in [-0.4, -0.2) is 19.3 Å². The number of hydrogen-bond donors (Lipinski definition) is 1. The van der Waals surface area contributed by atoms with E-state index in [4.69, 9.17) is 15.2 Å². The second-order valence-electron chi connectivity index (χ2n) is 4.92. The first-order valence-electron chi connectivity index (χ1n) is 6.93. The van der Waals surface area contributed by atoms with Crippen molar-refractivity contribution in [3.63, 3.8) is 0 Å². The van der Waals surface area contributed by atoms with Crippen LogP contribution in [0.1, 0.15) is 38.2 Å². The molecule has 100 valence electrons. The number of fused-ring (bicyclic) bond motifs is 1. The first-order chi connectivity index (χ1) is 8.79. The summed E-state index contributed by atoms with van der Waals surface area (Å²) in [5.41, 5.74) is 7.32. The normalized spacial score (nSPS) is 15.4. The van der Waals surface area contributed by atoms with Crippen LogP contribution in [0.3, 0.4) is 0 Å². The Labute approximate surface area is 109 Å². The number of nitrogens with two attached hydrogens (primary N) is 1. The van der Waals surface area contributed by atoms with Gasteiger partial charge in [-0.3, -0.25) is 0 Å². The standard InChI is InChI=1S/C15H23NO2/c1-2-4-13(16)6-3-5-12-7-8-14-15(11-12)18-10-9-17-14/h7-8,11,13H,2-6,9-10,16H2,1H3. The van der Waals surface area contributed by atoms with Crippen molar-refractivity contribution < 1.29 is 9.47 Å². The lowest BCUT2D eigenvalue weighted by atomic mass is 10.0. The predicted molar refractivity (Wildman–Crippen MR) is 73.3 cm³/mol. The molecule has 0 aromatic heterocycles. The van der Waals surface area contributed by atoms with Crippen molar-refractivity contribution in [2.75, 3.05) is 13.2 Å². The smallest absolute Gasteiger partial charge is 0.161 e. The highest BCUT2D eigenvalue weighted by molar-refractivity contribution is 5.43. The molecule has 0 fully saturated rings. The van der Waals surface area contributed by atoms with Crippen molar-refractivity contribution in [3.05, 3.63) is 23.8 Å². The topological polar surface area (TPSA) is 44.5 Å². The second kappa shape index (κ2) is 6.64. The van der Waals surface area contributed by atoms with Crippen LogP contribution in [0.5, 0.6) is 11.5 Å². The highest BCUT2D eigenvalue weighted by atomic mass is 16.6. The number of benzene rings is 1. The summed E-state index contributed by atoms with van der Waals surface area (Å²) >= 11 is 0. The Balaban J connectivity index is 1.82. The van der Waals surface area contributed by atoms with Gasteiger partial charge in [-0.25, -0.2) is 0 Å². The molecule has 2 N–H and O–H groups in total. The van der Waals surface area contributed by atoms with Gasteiger partial charge in [-0.1, -0.05) is 19.4 Å². The van der Waals surface area contributed by atoms with Gasteiger partial charge in [0, 0.05) is 6.04 Å². The molecule has 0 aliphatic carbocycles. The Kier molecular flexibility index (Phi) is 4.88. The van der Waals surface area contributed by atoms with E-state index in [9.17, 15) is 0 Å². The summed E-state index contributed by atoms with van der Waals surface area (Å²) in [7, 11) is 0. The van der Waals surface area contributed by atoms with Gasteiger partial charge in [-0.15, -0.1) is 0 Å². The molecule has 0 saturated carbocycles. The molecule has 0 bridgehead atoms. The minimum atomic E-state index is 0.354. The maximum absolute atomic E-state index is 6.01. The highest BCUT2D eigenvalue weighted by Crippen LogP contribution is 2.31. The van der Waals surface area contributed by atoms with Gasteiger partial charge in [-0.05, 0) is 43.4 Å². The summed E-state index contributed by atoms with van der Waals surface area (Å²) in [5.74, 6) is 1.75. The molecule has 3 nitrogen and oxygen atoms in total. The van der Waals surface area contributed by atoms with Crippen molar-refractivity contribution >= 4 is 0 Å². The summed E-state index contributed by atoms with van der Waals surface area (Å²) < 4.78 is 11.1. The van der Waals surface area contributed by atoms with E-state index in [1.54, 1.807) is 0 Å². The molecular formula is C15H23NO2. The van der Waals surface area contributed by atoms with Crippen LogP contribution in [0.25, 0.3) is 0 Å². The summed E-state index contributed by atoms with van der Waals surface area (Å²) in [6.07, 6.45) is 5.60. The van der Waals surface area contributed by atoms with Crippen LogP contribution in [0.15, 0.2) is 18.2 Å². The lowest BCUT2D eigenvalue weighted by Gasteiger charge is -2.19. The molecule has 0 amide bonds. The van der Waals surface area contributed by atoms with Crippen molar-refractivity contribution in [2.45, 2.75) is 45.1 Å². The van der Waals surface area contributed by atoms with Gasteiger partial charge in [-0.2, -0.15) is 0 Å². The fourth-order valence-corrected chi connectivity index (χ4v) is 2.33. The molecule has 1 aliphatic heterocycles. The van der Waals surface area contributed by atoms with E-state index in [1.165, 1.54) is 12.0 Å². The minimum Gasteiger partial charge on any atom is -0.486 e. The monoisotopic (exact) mass is 249 g/mol. The third-order valence-corrected chi connectivity index (χ3v) is 3.31. The number of hydrogen-bond acceptors (Lipinski definition) is 3. The molecule has 1 aromatic rings. The quantitative estimate of drug-likeness (QED) is 0.843. The molecule has 3 heteroatoms. The van der Waals surface area contributed by atoms with E-state index in [1.807, 2.05) is 6.07 Å². The van der Waals surface area contributed by atoms with Gasteiger partial charge in [0.2, 0.25) is 0 Å². The van der Waals surface area contributed by atoms with Gasteiger partial charge in [0.25, 0.3) is 0 Å². The Hall–Kier alpha value is -1.22. The molecule has 1 heterocycles. The van der Waals surface area contributed by atoms with Gasteiger partial charge < -0.3 is 15.2 Å². The van der Waals surface area contributed by atoms with Crippen LogP contribution in [0, 0.1) is 0 Å². The molecule has 2 rings (SSSR count). The third kappa shape index (κ3) is 3.64. The zero-order valence-corrected chi connectivity index (χ0v) is 11.2. The van der Waals surface area contributed by atoms with E-state index >= 15 is 0 Å². The van der Waals surface area contributed by atoms with Crippen LogP contribution < -0.4 is 15.2 Å². The van der Waals surface area contributed by atoms with Gasteiger partial charge >= 0.3 is 0 Å². The Morgan fingerprint density at radius 1 is 1.17 bits per heavy atom. The summed E-state index contributed by atoms with van der Waals surface area (Å²) in [4.78, 5) is 0. The van der Waals surface area contributed by atoms with Gasteiger partial charge in [0.15, 0.2) is 11.5 Å². The third-order valence-electron chi connectivity index (χ3n) is 3.31. The van der Waals surface area contributed by atoms with E-state index in [0.29, 0.717) is 19.3 Å². The maximum Gasteiger partial charge on any atom is 0.161 e. The van der Waals surface area contributed by atoms with Crippen molar-refractivity contribution in [3.8, 4) is 11.5 Å². The SMILES string of the molecule is CCCC(N)CCCc1ccc2c(c1)OCCO2. The summed E-state index contributed by atoms with van der Waals surface area (Å²) in [6.45, 7) is 3.48. The first kappa shape index (κ1) is 13.2. The van der Waals surface area contributed by atoms with E-state index < -0.39 is 0 Å². The van der Waals surface area contributed by atoms with Crippen LogP contribution in [0.2, 0.25) is 0 Å². The average Bonchev–Trinajstić information content (AvgIpc) is 2.39. The fourth-order valence-electron chi connectivity index (χ4n) is 2.33. The zero-order chi connectivity index (χ0) is 12.8. The fraction of sp³-hybridized carbons (Fsp3) is 0.600. The van der Waals surface area contributed by atoms with Crippen molar-refractivity contribution in [1.82, 2.24) is 0 Å². The predicted octanol–water partition coefficient (Wildman–Crippen LogP) is 2.91. The van der Waals surface area contributed by atoms with Crippen LogP contribution >= 0.6 is 0 Å². The zero-order valence-electron chi connectivity index (χ0n) is 11.2. The molecule has 1 aromatic carbocycles. The molecule has 0 spiro atoms. The summed E-state index contributed by atoms with van der Waals surface area (Å²) in [6, 6.07) is 6.58. The van der Waals surface area contributed by atoms with Crippen molar-refractivity contribution in [1.29, 1.82) is 0 Å². The largest absolute Gasteiger partial charge is 0.486 e. The molecule has 18 heavy (non-hydrogen) atoms. The molecule has 0 radical (unpaired) electrons. The average molecular weight is 249 g/mol. The van der Waals surface area contributed by atoms with Crippen molar-refractivity contribution in [2.24, 2.45) is 5.73 Å². The lowest BCUT2D eigenvalue weighted by Crippen LogP contribution is -2.19. The van der Waals surface area contributed by atoms with Crippen LogP contribution in [-0.2, 0) is 6.42 Å². The Morgan fingerprint density at radius 3 is 2.72 bits per heavy atom. The molecule has 0 saturated heterocycles. The molecule has 1 unspecified atom stereocenters. The van der Waals surface area contributed by atoms with E-state index in [0.717, 1.165) is 37.2 Å². The Bertz CT molecular complexity index is 379. The molecule has 1 atom stereocenters. The van der Waals surface area contributed by atoms with E-state index in [2.05, 4.69) is 19.1 Å². The molecule has 1 aliphatic rings. The second-order valence-corrected chi connectivity index (χ2v) is 4.92. The summed E-state index contributed by atoms with van der Waals surface area (Å²) in [5, 5.41) is 0.